The van der Waals surface area contributed by atoms with Gasteiger partial charge in [0.1, 0.15) is 0 Å². The monoisotopic (exact) mass is 387 g/mol. The number of hydrogen-bond donors (Lipinski definition) is 2. The van der Waals surface area contributed by atoms with E-state index in [9.17, 15) is 0 Å². The molecule has 2 N–H and O–H groups in total. The zero-order valence-electron chi connectivity index (χ0n) is 17.6. The summed E-state index contributed by atoms with van der Waals surface area (Å²) < 4.78 is 5.40. The Morgan fingerprint density at radius 2 is 1.82 bits per heavy atom. The van der Waals surface area contributed by atoms with Crippen molar-refractivity contribution in [2.45, 2.75) is 32.9 Å². The molecule has 0 aromatic heterocycles. The van der Waals surface area contributed by atoms with E-state index in [0.29, 0.717) is 0 Å². The van der Waals surface area contributed by atoms with Crippen molar-refractivity contribution in [3.63, 3.8) is 0 Å². The third kappa shape index (κ3) is 7.08. The van der Waals surface area contributed by atoms with Gasteiger partial charge in [0.15, 0.2) is 5.96 Å². The summed E-state index contributed by atoms with van der Waals surface area (Å²) in [4.78, 5) is 9.36. The van der Waals surface area contributed by atoms with E-state index in [-0.39, 0.29) is 0 Å². The molecular weight excluding hydrogens is 350 g/mol. The van der Waals surface area contributed by atoms with Crippen molar-refractivity contribution >= 4 is 5.96 Å². The fourth-order valence-electron chi connectivity index (χ4n) is 3.88. The molecule has 2 saturated heterocycles. The molecule has 0 amide bonds. The van der Waals surface area contributed by atoms with Crippen molar-refractivity contribution < 1.29 is 4.74 Å². The number of aliphatic imine (C=N–C) groups is 1. The maximum absolute atomic E-state index is 5.40. The predicted octanol–water partition coefficient (Wildman–Crippen LogP) is 1.92. The van der Waals surface area contributed by atoms with Gasteiger partial charge in [-0.3, -0.25) is 14.8 Å². The third-order valence-electron chi connectivity index (χ3n) is 5.78. The molecule has 6 nitrogen and oxygen atoms in total. The smallest absolute Gasteiger partial charge is 0.191 e. The molecule has 0 aliphatic carbocycles. The molecule has 28 heavy (non-hydrogen) atoms. The molecule has 156 valence electrons. The number of hydrogen-bond acceptors (Lipinski definition) is 4. The maximum atomic E-state index is 5.40. The number of likely N-dealkylation sites (tertiary alicyclic amines) is 1. The molecule has 1 aromatic carbocycles. The second kappa shape index (κ2) is 11.4. The molecule has 0 spiro atoms. The average molecular weight is 388 g/mol. The second-order valence-electron chi connectivity index (χ2n) is 8.09. The van der Waals surface area contributed by atoms with Gasteiger partial charge in [-0.05, 0) is 43.0 Å². The third-order valence-corrected chi connectivity index (χ3v) is 5.78. The van der Waals surface area contributed by atoms with Gasteiger partial charge in [0, 0.05) is 46.3 Å². The molecule has 2 heterocycles. The number of guanidine groups is 1. The Labute approximate surface area is 170 Å². The van der Waals surface area contributed by atoms with Crippen LogP contribution in [0.5, 0.6) is 0 Å². The Morgan fingerprint density at radius 1 is 1.07 bits per heavy atom. The summed E-state index contributed by atoms with van der Waals surface area (Å²) >= 11 is 0. The van der Waals surface area contributed by atoms with Crippen molar-refractivity contribution in [3.05, 3.63) is 35.4 Å². The summed E-state index contributed by atoms with van der Waals surface area (Å²) in [6.07, 6.45) is 2.65. The van der Waals surface area contributed by atoms with Gasteiger partial charge in [-0.25, -0.2) is 0 Å². The van der Waals surface area contributed by atoms with Gasteiger partial charge < -0.3 is 15.4 Å². The lowest BCUT2D eigenvalue weighted by Crippen LogP contribution is -2.44. The molecule has 1 aromatic rings. The lowest BCUT2D eigenvalue weighted by molar-refractivity contribution is 0.0389. The number of rotatable bonds is 7. The summed E-state index contributed by atoms with van der Waals surface area (Å²) in [5.41, 5.74) is 2.71. The molecule has 0 radical (unpaired) electrons. The molecular formula is C22H37N5O. The van der Waals surface area contributed by atoms with Gasteiger partial charge in [0.2, 0.25) is 0 Å². The minimum Gasteiger partial charge on any atom is -0.379 e. The van der Waals surface area contributed by atoms with Crippen LogP contribution in [0.2, 0.25) is 0 Å². The Bertz CT molecular complexity index is 607. The van der Waals surface area contributed by atoms with Crippen LogP contribution in [0.4, 0.5) is 0 Å². The minimum absolute atomic E-state index is 0.794. The van der Waals surface area contributed by atoms with Crippen molar-refractivity contribution in [1.82, 2.24) is 20.4 Å². The van der Waals surface area contributed by atoms with E-state index in [1.807, 2.05) is 7.05 Å². The number of piperidine rings is 1. The summed E-state index contributed by atoms with van der Waals surface area (Å²) in [6.45, 7) is 12.3. The predicted molar refractivity (Wildman–Crippen MR) is 116 cm³/mol. The first kappa shape index (κ1) is 21.1. The lowest BCUT2D eigenvalue weighted by Gasteiger charge is -2.30. The molecule has 6 heteroatoms. The number of ether oxygens (including phenoxy) is 1. The first-order valence-corrected chi connectivity index (χ1v) is 10.8. The van der Waals surface area contributed by atoms with Crippen molar-refractivity contribution in [1.29, 1.82) is 0 Å². The van der Waals surface area contributed by atoms with E-state index in [1.54, 1.807) is 0 Å². The summed E-state index contributed by atoms with van der Waals surface area (Å²) in [5, 5.41) is 6.86. The first-order valence-electron chi connectivity index (χ1n) is 10.8. The van der Waals surface area contributed by atoms with Gasteiger partial charge in [-0.15, -0.1) is 0 Å². The average Bonchev–Trinajstić information content (AvgIpc) is 2.73. The Hall–Kier alpha value is -1.63. The highest BCUT2D eigenvalue weighted by atomic mass is 16.5. The molecule has 2 aliphatic heterocycles. The molecule has 0 unspecified atom stereocenters. The van der Waals surface area contributed by atoms with Gasteiger partial charge in [0.05, 0.1) is 13.2 Å². The zero-order valence-corrected chi connectivity index (χ0v) is 17.6. The number of nitrogens with zero attached hydrogens (tertiary/aromatic N) is 3. The van der Waals surface area contributed by atoms with Gasteiger partial charge in [-0.1, -0.05) is 31.2 Å². The first-order chi connectivity index (χ1) is 13.7. The van der Waals surface area contributed by atoms with Crippen LogP contribution >= 0.6 is 0 Å². The Morgan fingerprint density at radius 3 is 2.57 bits per heavy atom. The van der Waals surface area contributed by atoms with Gasteiger partial charge in [0.25, 0.3) is 0 Å². The molecule has 0 atom stereocenters. The number of benzene rings is 1. The fourth-order valence-corrected chi connectivity index (χ4v) is 3.88. The van der Waals surface area contributed by atoms with Crippen LogP contribution in [0.3, 0.4) is 0 Å². The van der Waals surface area contributed by atoms with Crippen LogP contribution in [0.1, 0.15) is 30.9 Å². The van der Waals surface area contributed by atoms with E-state index in [4.69, 9.17) is 4.74 Å². The van der Waals surface area contributed by atoms with Crippen molar-refractivity contribution in [3.8, 4) is 0 Å². The lowest BCUT2D eigenvalue weighted by atomic mass is 9.98. The van der Waals surface area contributed by atoms with Crippen LogP contribution in [-0.4, -0.2) is 75.3 Å². The summed E-state index contributed by atoms with van der Waals surface area (Å²) in [6, 6.07) is 8.94. The highest BCUT2D eigenvalue weighted by molar-refractivity contribution is 5.79. The van der Waals surface area contributed by atoms with E-state index < -0.39 is 0 Å². The number of morpholine rings is 1. The summed E-state index contributed by atoms with van der Waals surface area (Å²) in [5.74, 6) is 1.75. The van der Waals surface area contributed by atoms with E-state index >= 15 is 0 Å². The minimum atomic E-state index is 0.794. The van der Waals surface area contributed by atoms with Crippen LogP contribution in [0, 0.1) is 5.92 Å². The maximum Gasteiger partial charge on any atom is 0.191 e. The SMILES string of the molecule is CN=C(NCCN1CCOCC1)NCc1cccc(CN2CCC(C)CC2)c1. The molecule has 2 fully saturated rings. The quantitative estimate of drug-likeness (QED) is 0.553. The topological polar surface area (TPSA) is 52.1 Å². The Balaban J connectivity index is 1.40. The van der Waals surface area contributed by atoms with E-state index in [0.717, 1.165) is 64.4 Å². The van der Waals surface area contributed by atoms with Crippen LogP contribution in [-0.2, 0) is 17.8 Å². The van der Waals surface area contributed by atoms with Gasteiger partial charge in [-0.2, -0.15) is 0 Å². The fraction of sp³-hybridized carbons (Fsp3) is 0.682. The van der Waals surface area contributed by atoms with E-state index in [1.165, 1.54) is 37.1 Å². The summed E-state index contributed by atoms with van der Waals surface area (Å²) in [7, 11) is 1.83. The van der Waals surface area contributed by atoms with E-state index in [2.05, 4.69) is 56.6 Å². The largest absolute Gasteiger partial charge is 0.379 e. The normalized spacial score (nSPS) is 20.3. The number of nitrogens with one attached hydrogen (secondary N) is 2. The highest BCUT2D eigenvalue weighted by Gasteiger charge is 2.15. The highest BCUT2D eigenvalue weighted by Crippen LogP contribution is 2.18. The molecule has 2 aliphatic rings. The molecule has 3 rings (SSSR count). The Kier molecular flexibility index (Phi) is 8.58. The van der Waals surface area contributed by atoms with Crippen LogP contribution in [0.15, 0.2) is 29.3 Å². The van der Waals surface area contributed by atoms with Crippen molar-refractivity contribution in [2.75, 3.05) is 59.5 Å². The molecule has 0 saturated carbocycles. The van der Waals surface area contributed by atoms with Crippen molar-refractivity contribution in [2.24, 2.45) is 10.9 Å². The molecule has 0 bridgehead atoms. The standard InChI is InChI=1S/C22H37N5O/c1-19-6-9-27(10-7-19)18-21-5-3-4-20(16-21)17-25-22(23-2)24-8-11-26-12-14-28-15-13-26/h3-5,16,19H,6-15,17-18H2,1-2H3,(H2,23,24,25). The second-order valence-corrected chi connectivity index (χ2v) is 8.09. The van der Waals surface area contributed by atoms with Crippen LogP contribution in [0.25, 0.3) is 0 Å². The zero-order chi connectivity index (χ0) is 19.6. The van der Waals surface area contributed by atoms with Gasteiger partial charge >= 0.3 is 0 Å². The van der Waals surface area contributed by atoms with Crippen LogP contribution < -0.4 is 10.6 Å².